The molecule has 36 heavy (non-hydrogen) atoms. The monoisotopic (exact) mass is 532 g/mol. The van der Waals surface area contributed by atoms with Crippen LogP contribution in [0.25, 0.3) is 5.69 Å². The lowest BCUT2D eigenvalue weighted by molar-refractivity contribution is 0.233. The molecule has 196 valence electrons. The Morgan fingerprint density at radius 2 is 1.64 bits per heavy atom. The summed E-state index contributed by atoms with van der Waals surface area (Å²) in [6.07, 6.45) is 0. The van der Waals surface area contributed by atoms with E-state index in [0.717, 1.165) is 55.4 Å². The van der Waals surface area contributed by atoms with Crippen molar-refractivity contribution in [2.75, 3.05) is 36.8 Å². The molecule has 2 heterocycles. The van der Waals surface area contributed by atoms with Gasteiger partial charge >= 0.3 is 6.03 Å². The van der Waals surface area contributed by atoms with Gasteiger partial charge in [-0.3, -0.25) is 10.2 Å². The van der Waals surface area contributed by atoms with Crippen LogP contribution >= 0.6 is 24.8 Å². The number of piperazine rings is 1. The molecule has 0 radical (unpaired) electrons. The highest BCUT2D eigenvalue weighted by Gasteiger charge is 2.22. The fourth-order valence-electron chi connectivity index (χ4n) is 4.08. The fourth-order valence-corrected chi connectivity index (χ4v) is 4.08. The van der Waals surface area contributed by atoms with Crippen molar-refractivity contribution in [3.63, 3.8) is 0 Å². The van der Waals surface area contributed by atoms with E-state index < -0.39 is 0 Å². The van der Waals surface area contributed by atoms with Gasteiger partial charge < -0.3 is 10.6 Å². The van der Waals surface area contributed by atoms with Crippen molar-refractivity contribution < 1.29 is 4.79 Å². The van der Waals surface area contributed by atoms with Crippen LogP contribution in [0.3, 0.4) is 0 Å². The molecule has 1 saturated heterocycles. The van der Waals surface area contributed by atoms with Crippen LogP contribution < -0.4 is 16.0 Å². The van der Waals surface area contributed by atoms with E-state index in [-0.39, 0.29) is 36.3 Å². The van der Waals surface area contributed by atoms with Gasteiger partial charge in [0.15, 0.2) is 0 Å². The summed E-state index contributed by atoms with van der Waals surface area (Å²) in [7, 11) is 0. The van der Waals surface area contributed by atoms with Crippen molar-refractivity contribution >= 4 is 42.4 Å². The molecular weight excluding hydrogens is 495 g/mol. The Labute approximate surface area is 226 Å². The molecule has 0 unspecified atom stereocenters. The minimum Gasteiger partial charge on any atom is -0.314 e. The minimum absolute atomic E-state index is 0. The highest BCUT2D eigenvalue weighted by molar-refractivity contribution is 6.00. The maximum atomic E-state index is 13.0. The SMILES string of the molecule is Cc1ccc(-n2nc(C(C)(C)C)cc2NC(=O)Nc2ccc(CN3CCNCC3)cc2C)cc1.Cl.Cl. The number of nitrogens with one attached hydrogen (secondary N) is 3. The van der Waals surface area contributed by atoms with Gasteiger partial charge in [-0.05, 0) is 43.2 Å². The van der Waals surface area contributed by atoms with Crippen LogP contribution in [0.1, 0.15) is 43.2 Å². The molecule has 9 heteroatoms. The molecule has 1 fully saturated rings. The molecular formula is C27H38Cl2N6O. The standard InChI is InChI=1S/C27H36N6O.2ClH/c1-19-6-9-22(10-7-19)33-25(17-24(31-33)27(3,4)5)30-26(34)29-23-11-8-21(16-20(23)2)18-32-14-12-28-13-15-32;;/h6-11,16-17,28H,12-15,18H2,1-5H3,(H2,29,30,34);2*1H. The summed E-state index contributed by atoms with van der Waals surface area (Å²) in [5.74, 6) is 0.638. The van der Waals surface area contributed by atoms with Crippen LogP contribution in [0.4, 0.5) is 16.3 Å². The molecule has 0 saturated carbocycles. The van der Waals surface area contributed by atoms with Gasteiger partial charge in [0.05, 0.1) is 11.4 Å². The molecule has 4 rings (SSSR count). The molecule has 0 aliphatic carbocycles. The number of hydrogen-bond acceptors (Lipinski definition) is 4. The smallest absolute Gasteiger partial charge is 0.314 e. The second-order valence-electron chi connectivity index (χ2n) is 10.2. The van der Waals surface area contributed by atoms with Crippen molar-refractivity contribution in [1.82, 2.24) is 20.0 Å². The van der Waals surface area contributed by atoms with Gasteiger partial charge in [-0.2, -0.15) is 5.10 Å². The first-order valence-corrected chi connectivity index (χ1v) is 12.0. The van der Waals surface area contributed by atoms with Gasteiger partial charge in [-0.25, -0.2) is 9.48 Å². The van der Waals surface area contributed by atoms with E-state index in [9.17, 15) is 4.79 Å². The Balaban J connectivity index is 0.00000228. The molecule has 2 amide bonds. The lowest BCUT2D eigenvalue weighted by atomic mass is 9.92. The van der Waals surface area contributed by atoms with E-state index in [1.54, 1.807) is 4.68 Å². The van der Waals surface area contributed by atoms with E-state index in [1.807, 2.05) is 43.3 Å². The molecule has 0 atom stereocenters. The molecule has 3 aromatic rings. The summed E-state index contributed by atoms with van der Waals surface area (Å²) < 4.78 is 1.79. The summed E-state index contributed by atoms with van der Waals surface area (Å²) in [6, 6.07) is 16.0. The maximum absolute atomic E-state index is 13.0. The number of aromatic nitrogens is 2. The van der Waals surface area contributed by atoms with Gasteiger partial charge in [-0.15, -0.1) is 24.8 Å². The molecule has 1 aromatic heterocycles. The number of carbonyl (C=O) groups is 1. The second kappa shape index (κ2) is 12.6. The summed E-state index contributed by atoms with van der Waals surface area (Å²) in [6.45, 7) is 15.6. The molecule has 0 bridgehead atoms. The minimum atomic E-state index is -0.285. The van der Waals surface area contributed by atoms with Gasteiger partial charge in [0.25, 0.3) is 0 Å². The third kappa shape index (κ3) is 7.46. The van der Waals surface area contributed by atoms with Gasteiger partial charge in [-0.1, -0.05) is 50.6 Å². The Hall–Kier alpha value is -2.58. The Morgan fingerprint density at radius 1 is 0.972 bits per heavy atom. The number of carbonyl (C=O) groups excluding carboxylic acids is 1. The molecule has 0 spiro atoms. The largest absolute Gasteiger partial charge is 0.324 e. The van der Waals surface area contributed by atoms with Crippen molar-refractivity contribution in [2.24, 2.45) is 0 Å². The van der Waals surface area contributed by atoms with Crippen LogP contribution in [0.15, 0.2) is 48.5 Å². The van der Waals surface area contributed by atoms with E-state index in [4.69, 9.17) is 5.10 Å². The lowest BCUT2D eigenvalue weighted by Crippen LogP contribution is -2.42. The fraction of sp³-hybridized carbons (Fsp3) is 0.407. The third-order valence-electron chi connectivity index (χ3n) is 6.15. The molecule has 2 aromatic carbocycles. The Morgan fingerprint density at radius 3 is 2.25 bits per heavy atom. The average Bonchev–Trinajstić information content (AvgIpc) is 3.21. The number of amides is 2. The predicted octanol–water partition coefficient (Wildman–Crippen LogP) is 5.68. The van der Waals surface area contributed by atoms with Crippen molar-refractivity contribution in [3.05, 3.63) is 70.9 Å². The Bertz CT molecular complexity index is 1150. The first-order chi connectivity index (χ1) is 16.2. The number of anilines is 2. The summed E-state index contributed by atoms with van der Waals surface area (Å²) in [4.78, 5) is 15.4. The molecule has 3 N–H and O–H groups in total. The van der Waals surface area contributed by atoms with Crippen LogP contribution in [-0.4, -0.2) is 46.9 Å². The third-order valence-corrected chi connectivity index (χ3v) is 6.15. The van der Waals surface area contributed by atoms with Gasteiger partial charge in [0, 0.05) is 49.9 Å². The van der Waals surface area contributed by atoms with E-state index in [2.05, 4.69) is 60.7 Å². The predicted molar refractivity (Wildman–Crippen MR) is 153 cm³/mol. The van der Waals surface area contributed by atoms with Crippen molar-refractivity contribution in [1.29, 1.82) is 0 Å². The van der Waals surface area contributed by atoms with Crippen molar-refractivity contribution in [2.45, 2.75) is 46.6 Å². The second-order valence-corrected chi connectivity index (χ2v) is 10.2. The average molecular weight is 534 g/mol. The summed E-state index contributed by atoms with van der Waals surface area (Å²) in [5.41, 5.74) is 5.97. The summed E-state index contributed by atoms with van der Waals surface area (Å²) in [5, 5.41) is 14.2. The number of halogens is 2. The highest BCUT2D eigenvalue weighted by atomic mass is 35.5. The number of hydrogen-bond donors (Lipinski definition) is 3. The zero-order chi connectivity index (χ0) is 24.3. The zero-order valence-electron chi connectivity index (χ0n) is 21.7. The summed E-state index contributed by atoms with van der Waals surface area (Å²) >= 11 is 0. The quantitative estimate of drug-likeness (QED) is 0.395. The number of urea groups is 1. The number of nitrogens with zero attached hydrogens (tertiary/aromatic N) is 3. The Kier molecular flexibility index (Phi) is 10.4. The van der Waals surface area contributed by atoms with Crippen LogP contribution in [0.5, 0.6) is 0 Å². The zero-order valence-corrected chi connectivity index (χ0v) is 23.4. The van der Waals surface area contributed by atoms with E-state index >= 15 is 0 Å². The normalized spacial score (nSPS) is 13.9. The van der Waals surface area contributed by atoms with Crippen LogP contribution in [0.2, 0.25) is 0 Å². The van der Waals surface area contributed by atoms with Crippen LogP contribution in [0, 0.1) is 13.8 Å². The molecule has 7 nitrogen and oxygen atoms in total. The number of benzene rings is 2. The molecule has 1 aliphatic rings. The number of rotatable bonds is 5. The number of aryl methyl sites for hydroxylation is 2. The molecule has 1 aliphatic heterocycles. The highest BCUT2D eigenvalue weighted by Crippen LogP contribution is 2.27. The van der Waals surface area contributed by atoms with Crippen LogP contribution in [-0.2, 0) is 12.0 Å². The van der Waals surface area contributed by atoms with Crippen molar-refractivity contribution in [3.8, 4) is 5.69 Å². The van der Waals surface area contributed by atoms with E-state index in [1.165, 1.54) is 11.1 Å². The maximum Gasteiger partial charge on any atom is 0.324 e. The van der Waals surface area contributed by atoms with Gasteiger partial charge in [0.1, 0.15) is 5.82 Å². The van der Waals surface area contributed by atoms with Gasteiger partial charge in [0.2, 0.25) is 0 Å². The lowest BCUT2D eigenvalue weighted by Gasteiger charge is -2.27. The first kappa shape index (κ1) is 29.6. The van der Waals surface area contributed by atoms with E-state index in [0.29, 0.717) is 5.82 Å². The first-order valence-electron chi connectivity index (χ1n) is 12.0. The topological polar surface area (TPSA) is 74.2 Å².